The lowest BCUT2D eigenvalue weighted by atomic mass is 9.74. The molecule has 0 N–H and O–H groups in total. The second-order valence-corrected chi connectivity index (χ2v) is 13.3. The molecule has 0 saturated heterocycles. The topological polar surface area (TPSA) is 0 Å². The van der Waals surface area contributed by atoms with E-state index in [2.05, 4.69) is 50.2 Å². The van der Waals surface area contributed by atoms with Gasteiger partial charge in [0.15, 0.2) is 0 Å². The first-order chi connectivity index (χ1) is 18.6. The van der Waals surface area contributed by atoms with Crippen LogP contribution in [0.25, 0.3) is 0 Å². The van der Waals surface area contributed by atoms with Crippen molar-refractivity contribution in [2.75, 3.05) is 0 Å². The molecule has 208 valence electrons. The largest absolute Gasteiger partial charge is 0.207 e. The van der Waals surface area contributed by atoms with Crippen LogP contribution in [-0.2, 0) is 0 Å². The van der Waals surface area contributed by atoms with Gasteiger partial charge in [-0.2, -0.15) is 0 Å². The molecule has 0 radical (unpaired) electrons. The van der Waals surface area contributed by atoms with Crippen molar-refractivity contribution in [3.63, 3.8) is 0 Å². The maximum Gasteiger partial charge on any atom is 0.126 e. The fourth-order valence-electron chi connectivity index (χ4n) is 8.28. The highest BCUT2D eigenvalue weighted by Crippen LogP contribution is 2.44. The summed E-state index contributed by atoms with van der Waals surface area (Å²) in [4.78, 5) is 0. The number of halogens is 1. The Labute approximate surface area is 233 Å². The third-order valence-corrected chi connectivity index (χ3v) is 11.0. The summed E-state index contributed by atoms with van der Waals surface area (Å²) in [6.07, 6.45) is 22.2. The van der Waals surface area contributed by atoms with Crippen molar-refractivity contribution >= 4 is 0 Å². The van der Waals surface area contributed by atoms with Crippen LogP contribution in [0.1, 0.15) is 169 Å². The van der Waals surface area contributed by atoms with Crippen LogP contribution in [-0.4, -0.2) is 0 Å². The monoisotopic (exact) mass is 516 g/mol. The van der Waals surface area contributed by atoms with Gasteiger partial charge >= 0.3 is 0 Å². The van der Waals surface area contributed by atoms with E-state index in [-0.39, 0.29) is 5.82 Å². The highest BCUT2D eigenvalue weighted by Gasteiger charge is 2.28. The molecule has 0 unspecified atom stereocenters. The summed E-state index contributed by atoms with van der Waals surface area (Å²) in [5.41, 5.74) is 5.31. The molecule has 0 aliphatic heterocycles. The summed E-state index contributed by atoms with van der Waals surface area (Å²) in [5, 5.41) is 0. The van der Waals surface area contributed by atoms with Gasteiger partial charge in [-0.05, 0) is 141 Å². The molecule has 0 amide bonds. The van der Waals surface area contributed by atoms with E-state index in [1.165, 1.54) is 107 Å². The molecule has 0 heterocycles. The Morgan fingerprint density at radius 1 is 0.553 bits per heavy atom. The maximum atomic E-state index is 15.4. The molecule has 2 aromatic carbocycles. The molecule has 2 aromatic rings. The second-order valence-electron chi connectivity index (χ2n) is 13.3. The first-order valence-electron chi connectivity index (χ1n) is 16.5. The Balaban J connectivity index is 1.11. The van der Waals surface area contributed by atoms with E-state index in [9.17, 15) is 0 Å². The Morgan fingerprint density at radius 2 is 1.03 bits per heavy atom. The SMILES string of the molecule is CCCCCC1CCC(c2ccc(C3CCC(c4ccc(C5CCC(CC)CC5)cc4)CC3)c(F)c2)CC1. The molecule has 3 saturated carbocycles. The van der Waals surface area contributed by atoms with Gasteiger partial charge in [0.2, 0.25) is 0 Å². The molecule has 0 bridgehead atoms. The van der Waals surface area contributed by atoms with E-state index in [0.29, 0.717) is 17.8 Å². The van der Waals surface area contributed by atoms with E-state index in [4.69, 9.17) is 0 Å². The number of rotatable bonds is 9. The van der Waals surface area contributed by atoms with Crippen molar-refractivity contribution in [2.24, 2.45) is 11.8 Å². The molecule has 0 spiro atoms. The summed E-state index contributed by atoms with van der Waals surface area (Å²) in [5.74, 6) is 4.32. The van der Waals surface area contributed by atoms with E-state index < -0.39 is 0 Å². The fourth-order valence-corrected chi connectivity index (χ4v) is 8.28. The van der Waals surface area contributed by atoms with Crippen LogP contribution in [0.15, 0.2) is 42.5 Å². The summed E-state index contributed by atoms with van der Waals surface area (Å²) in [6.45, 7) is 4.64. The zero-order chi connectivity index (χ0) is 26.3. The summed E-state index contributed by atoms with van der Waals surface area (Å²) >= 11 is 0. The second kappa shape index (κ2) is 13.6. The normalized spacial score (nSPS) is 30.3. The quantitative estimate of drug-likeness (QED) is 0.291. The van der Waals surface area contributed by atoms with Crippen molar-refractivity contribution in [3.05, 3.63) is 70.5 Å². The van der Waals surface area contributed by atoms with E-state index >= 15 is 4.39 Å². The van der Waals surface area contributed by atoms with Crippen LogP contribution in [0.4, 0.5) is 4.39 Å². The first-order valence-corrected chi connectivity index (χ1v) is 16.5. The molecule has 5 rings (SSSR count). The molecular formula is C37H53F. The van der Waals surface area contributed by atoms with E-state index in [1.54, 1.807) is 5.56 Å². The molecule has 38 heavy (non-hydrogen) atoms. The lowest BCUT2D eigenvalue weighted by Crippen LogP contribution is -2.15. The minimum Gasteiger partial charge on any atom is -0.207 e. The molecule has 3 fully saturated rings. The van der Waals surface area contributed by atoms with Crippen LogP contribution in [0.3, 0.4) is 0 Å². The molecule has 0 nitrogen and oxygen atoms in total. The summed E-state index contributed by atoms with van der Waals surface area (Å²) in [7, 11) is 0. The zero-order valence-electron chi connectivity index (χ0n) is 24.4. The molecule has 3 aliphatic rings. The van der Waals surface area contributed by atoms with Crippen molar-refractivity contribution in [1.82, 2.24) is 0 Å². The Hall–Kier alpha value is -1.63. The lowest BCUT2D eigenvalue weighted by molar-refractivity contribution is 0.302. The van der Waals surface area contributed by atoms with Crippen LogP contribution in [0, 0.1) is 17.7 Å². The van der Waals surface area contributed by atoms with Gasteiger partial charge in [-0.15, -0.1) is 0 Å². The first kappa shape index (κ1) is 27.9. The van der Waals surface area contributed by atoms with Crippen LogP contribution >= 0.6 is 0 Å². The van der Waals surface area contributed by atoms with Crippen LogP contribution in [0.2, 0.25) is 0 Å². The minimum atomic E-state index is 0.0677. The zero-order valence-corrected chi connectivity index (χ0v) is 24.4. The average molecular weight is 517 g/mol. The summed E-state index contributed by atoms with van der Waals surface area (Å²) in [6, 6.07) is 16.0. The predicted octanol–water partition coefficient (Wildman–Crippen LogP) is 11.8. The lowest BCUT2D eigenvalue weighted by Gasteiger charge is -2.31. The highest BCUT2D eigenvalue weighted by atomic mass is 19.1. The molecule has 0 aromatic heterocycles. The molecule has 0 atom stereocenters. The van der Waals surface area contributed by atoms with Crippen molar-refractivity contribution in [1.29, 1.82) is 0 Å². The Bertz CT molecular complexity index is 966. The van der Waals surface area contributed by atoms with Gasteiger partial charge in [-0.25, -0.2) is 4.39 Å². The van der Waals surface area contributed by atoms with E-state index in [1.807, 2.05) is 6.07 Å². The standard InChI is InChI=1S/C37H53F/c1-3-5-6-7-28-10-14-33(15-11-28)35-24-25-36(37(38)26-35)34-22-20-32(21-23-34)31-18-16-30(17-19-31)29-12-8-27(4-2)9-13-29/h16-19,24-29,32-34H,3-15,20-23H2,1-2H3. The van der Waals surface area contributed by atoms with Gasteiger partial charge in [-0.3, -0.25) is 0 Å². The smallest absolute Gasteiger partial charge is 0.126 e. The van der Waals surface area contributed by atoms with Gasteiger partial charge in [-0.1, -0.05) is 82.3 Å². The van der Waals surface area contributed by atoms with Crippen molar-refractivity contribution in [2.45, 2.75) is 147 Å². The Morgan fingerprint density at radius 3 is 1.55 bits per heavy atom. The van der Waals surface area contributed by atoms with Crippen LogP contribution in [0.5, 0.6) is 0 Å². The van der Waals surface area contributed by atoms with Crippen LogP contribution < -0.4 is 0 Å². The third kappa shape index (κ3) is 6.92. The van der Waals surface area contributed by atoms with Gasteiger partial charge in [0.05, 0.1) is 0 Å². The van der Waals surface area contributed by atoms with Gasteiger partial charge in [0, 0.05) is 0 Å². The van der Waals surface area contributed by atoms with Crippen molar-refractivity contribution in [3.8, 4) is 0 Å². The predicted molar refractivity (Wildman–Crippen MR) is 161 cm³/mol. The number of hydrogen-bond donors (Lipinski definition) is 0. The molecule has 3 aliphatic carbocycles. The van der Waals surface area contributed by atoms with E-state index in [0.717, 1.165) is 36.2 Å². The number of benzene rings is 2. The third-order valence-electron chi connectivity index (χ3n) is 11.0. The average Bonchev–Trinajstić information content (AvgIpc) is 2.98. The maximum absolute atomic E-state index is 15.4. The van der Waals surface area contributed by atoms with Gasteiger partial charge in [0.25, 0.3) is 0 Å². The number of unbranched alkanes of at least 4 members (excludes halogenated alkanes) is 2. The minimum absolute atomic E-state index is 0.0677. The van der Waals surface area contributed by atoms with Gasteiger partial charge < -0.3 is 0 Å². The Kier molecular flexibility index (Phi) is 10.0. The fraction of sp³-hybridized carbons (Fsp3) is 0.676. The summed E-state index contributed by atoms with van der Waals surface area (Å²) < 4.78 is 15.4. The number of hydrogen-bond acceptors (Lipinski definition) is 0. The highest BCUT2D eigenvalue weighted by molar-refractivity contribution is 5.32. The molecular weight excluding hydrogens is 463 g/mol. The van der Waals surface area contributed by atoms with Gasteiger partial charge in [0.1, 0.15) is 5.82 Å². The molecule has 1 heteroatoms. The van der Waals surface area contributed by atoms with Crippen molar-refractivity contribution < 1.29 is 4.39 Å².